The minimum atomic E-state index is -0.383. The number of carbonyl (C=O) groups is 1. The van der Waals surface area contributed by atoms with Gasteiger partial charge in [-0.2, -0.15) is 0 Å². The van der Waals surface area contributed by atoms with Gasteiger partial charge in [0.25, 0.3) is 0 Å². The minimum absolute atomic E-state index is 0.147. The van der Waals surface area contributed by atoms with Gasteiger partial charge in [0.2, 0.25) is 11.1 Å². The molecule has 27 heavy (non-hydrogen) atoms. The summed E-state index contributed by atoms with van der Waals surface area (Å²) in [6.45, 7) is 1.82. The van der Waals surface area contributed by atoms with Crippen molar-refractivity contribution in [1.82, 2.24) is 19.6 Å². The highest BCUT2D eigenvalue weighted by molar-refractivity contribution is 8.00. The molecule has 0 fully saturated rings. The van der Waals surface area contributed by atoms with Gasteiger partial charge in [-0.25, -0.2) is 14.5 Å². The lowest BCUT2D eigenvalue weighted by Gasteiger charge is -2.12. The maximum Gasteiger partial charge on any atom is 0.237 e. The van der Waals surface area contributed by atoms with E-state index < -0.39 is 0 Å². The molecule has 4 aromatic rings. The Kier molecular flexibility index (Phi) is 4.64. The van der Waals surface area contributed by atoms with E-state index in [-0.39, 0.29) is 11.2 Å². The fourth-order valence-corrected chi connectivity index (χ4v) is 3.46. The first-order valence-corrected chi connectivity index (χ1v) is 9.24. The van der Waals surface area contributed by atoms with Crippen LogP contribution in [0.5, 0.6) is 5.75 Å². The van der Waals surface area contributed by atoms with Crippen molar-refractivity contribution < 1.29 is 9.53 Å². The summed E-state index contributed by atoms with van der Waals surface area (Å²) in [6.07, 6.45) is 1.63. The van der Waals surface area contributed by atoms with Crippen LogP contribution in [0.15, 0.2) is 60.0 Å². The molecular formula is C19H17N5O2S. The Bertz CT molecular complexity index is 1130. The summed E-state index contributed by atoms with van der Waals surface area (Å²) in [5, 5.41) is 8.38. The molecule has 0 radical (unpaired) electrons. The first-order valence-electron chi connectivity index (χ1n) is 8.36. The van der Waals surface area contributed by atoms with Crippen molar-refractivity contribution in [2.24, 2.45) is 0 Å². The maximum atomic E-state index is 12.6. The normalized spacial score (nSPS) is 12.2. The molecule has 0 aliphatic heterocycles. The number of hydrogen-bond acceptors (Lipinski definition) is 6. The highest BCUT2D eigenvalue weighted by Gasteiger charge is 2.19. The number of anilines is 1. The van der Waals surface area contributed by atoms with E-state index in [0.29, 0.717) is 16.6 Å². The molecule has 7 nitrogen and oxygen atoms in total. The van der Waals surface area contributed by atoms with Gasteiger partial charge < -0.3 is 10.1 Å². The highest BCUT2D eigenvalue weighted by atomic mass is 32.2. The van der Waals surface area contributed by atoms with Gasteiger partial charge in [0.05, 0.1) is 23.6 Å². The summed E-state index contributed by atoms with van der Waals surface area (Å²) in [5.74, 6) is 0.470. The quantitative estimate of drug-likeness (QED) is 0.535. The predicted octanol–water partition coefficient (Wildman–Crippen LogP) is 3.41. The molecule has 0 saturated carbocycles. The topological polar surface area (TPSA) is 81.4 Å². The number of ether oxygens (including phenoxy) is 1. The summed E-state index contributed by atoms with van der Waals surface area (Å²) in [6, 6.07) is 15.1. The predicted molar refractivity (Wildman–Crippen MR) is 105 cm³/mol. The lowest BCUT2D eigenvalue weighted by atomic mass is 10.2. The van der Waals surface area contributed by atoms with Gasteiger partial charge in [0, 0.05) is 5.39 Å². The second-order valence-electron chi connectivity index (χ2n) is 5.87. The van der Waals surface area contributed by atoms with Gasteiger partial charge in [-0.1, -0.05) is 36.0 Å². The number of benzene rings is 2. The van der Waals surface area contributed by atoms with Crippen molar-refractivity contribution in [3.63, 3.8) is 0 Å². The van der Waals surface area contributed by atoms with Crippen LogP contribution in [0, 0.1) is 0 Å². The van der Waals surface area contributed by atoms with Gasteiger partial charge in [-0.05, 0) is 31.2 Å². The van der Waals surface area contributed by atoms with Crippen LogP contribution in [-0.4, -0.2) is 37.8 Å². The summed E-state index contributed by atoms with van der Waals surface area (Å²) < 4.78 is 6.90. The van der Waals surface area contributed by atoms with E-state index >= 15 is 0 Å². The van der Waals surface area contributed by atoms with Crippen molar-refractivity contribution in [3.8, 4) is 5.75 Å². The van der Waals surface area contributed by atoms with E-state index in [2.05, 4.69) is 20.4 Å². The van der Waals surface area contributed by atoms with Crippen molar-refractivity contribution in [2.75, 3.05) is 12.4 Å². The van der Waals surface area contributed by atoms with Crippen LogP contribution >= 0.6 is 11.8 Å². The molecule has 2 aromatic heterocycles. The molecule has 0 aliphatic rings. The van der Waals surface area contributed by atoms with E-state index in [1.165, 1.54) is 11.8 Å². The van der Waals surface area contributed by atoms with Crippen LogP contribution in [0.4, 0.5) is 5.69 Å². The third kappa shape index (κ3) is 3.43. The molecule has 2 aromatic carbocycles. The van der Waals surface area contributed by atoms with Crippen LogP contribution in [0.3, 0.4) is 0 Å². The third-order valence-corrected chi connectivity index (χ3v) is 5.03. The maximum absolute atomic E-state index is 12.6. The largest absolute Gasteiger partial charge is 0.495 e. The lowest BCUT2D eigenvalue weighted by molar-refractivity contribution is -0.115. The zero-order valence-corrected chi connectivity index (χ0v) is 15.6. The Labute approximate surface area is 159 Å². The summed E-state index contributed by atoms with van der Waals surface area (Å²) >= 11 is 1.29. The van der Waals surface area contributed by atoms with E-state index in [1.807, 2.05) is 43.3 Å². The zero-order valence-electron chi connectivity index (χ0n) is 14.8. The molecule has 0 spiro atoms. The van der Waals surface area contributed by atoms with Gasteiger partial charge in [-0.3, -0.25) is 4.79 Å². The Morgan fingerprint density at radius 1 is 1.19 bits per heavy atom. The number of rotatable bonds is 5. The van der Waals surface area contributed by atoms with E-state index in [9.17, 15) is 4.79 Å². The Morgan fingerprint density at radius 3 is 2.81 bits per heavy atom. The SMILES string of the molecule is COc1ccccc1NC(=O)[C@H](C)Sc1nc2c3ccccc3ncn2n1. The fraction of sp³-hybridized carbons (Fsp3) is 0.158. The number of aromatic nitrogens is 4. The first-order chi connectivity index (χ1) is 13.2. The number of thioether (sulfide) groups is 1. The average molecular weight is 379 g/mol. The molecule has 0 bridgehead atoms. The van der Waals surface area contributed by atoms with Crippen LogP contribution in [-0.2, 0) is 4.79 Å². The molecule has 136 valence electrons. The first kappa shape index (κ1) is 17.3. The lowest BCUT2D eigenvalue weighted by Crippen LogP contribution is -2.22. The molecule has 0 aliphatic carbocycles. The van der Waals surface area contributed by atoms with Crippen LogP contribution in [0.1, 0.15) is 6.92 Å². The summed E-state index contributed by atoms with van der Waals surface area (Å²) in [5.41, 5.74) is 2.21. The molecule has 8 heteroatoms. The molecule has 1 N–H and O–H groups in total. The van der Waals surface area contributed by atoms with Gasteiger partial charge in [0.1, 0.15) is 12.1 Å². The molecule has 0 unspecified atom stereocenters. The number of methoxy groups -OCH3 is 1. The molecule has 4 rings (SSSR count). The number of carbonyl (C=O) groups excluding carboxylic acids is 1. The number of amides is 1. The number of nitrogens with one attached hydrogen (secondary N) is 1. The van der Waals surface area contributed by atoms with Crippen LogP contribution in [0.25, 0.3) is 16.6 Å². The molecule has 2 heterocycles. The number of fused-ring (bicyclic) bond motifs is 3. The fourth-order valence-electron chi connectivity index (χ4n) is 2.70. The molecule has 1 atom stereocenters. The van der Waals surface area contributed by atoms with Crippen molar-refractivity contribution in [2.45, 2.75) is 17.3 Å². The van der Waals surface area contributed by atoms with Gasteiger partial charge >= 0.3 is 0 Å². The van der Waals surface area contributed by atoms with E-state index in [1.54, 1.807) is 30.1 Å². The van der Waals surface area contributed by atoms with Gasteiger partial charge in [-0.15, -0.1) is 5.10 Å². The zero-order chi connectivity index (χ0) is 18.8. The minimum Gasteiger partial charge on any atom is -0.495 e. The monoisotopic (exact) mass is 379 g/mol. The van der Waals surface area contributed by atoms with Crippen LogP contribution < -0.4 is 10.1 Å². The number of nitrogens with zero attached hydrogens (tertiary/aromatic N) is 4. The number of hydrogen-bond donors (Lipinski definition) is 1. The van der Waals surface area contributed by atoms with Crippen molar-refractivity contribution >= 4 is 39.9 Å². The smallest absolute Gasteiger partial charge is 0.237 e. The van der Waals surface area contributed by atoms with E-state index in [4.69, 9.17) is 4.74 Å². The van der Waals surface area contributed by atoms with Crippen molar-refractivity contribution in [1.29, 1.82) is 0 Å². The second-order valence-corrected chi connectivity index (χ2v) is 7.18. The molecular weight excluding hydrogens is 362 g/mol. The summed E-state index contributed by atoms with van der Waals surface area (Å²) in [7, 11) is 1.57. The van der Waals surface area contributed by atoms with Gasteiger partial charge in [0.15, 0.2) is 5.65 Å². The second kappa shape index (κ2) is 7.24. The summed E-state index contributed by atoms with van der Waals surface area (Å²) in [4.78, 5) is 21.5. The van der Waals surface area contributed by atoms with E-state index in [0.717, 1.165) is 16.6 Å². The number of para-hydroxylation sites is 3. The Morgan fingerprint density at radius 2 is 1.96 bits per heavy atom. The van der Waals surface area contributed by atoms with Crippen LogP contribution in [0.2, 0.25) is 0 Å². The highest BCUT2D eigenvalue weighted by Crippen LogP contribution is 2.27. The van der Waals surface area contributed by atoms with Crippen molar-refractivity contribution in [3.05, 3.63) is 54.9 Å². The Hall–Kier alpha value is -3.13. The Balaban J connectivity index is 1.54. The third-order valence-electron chi connectivity index (χ3n) is 4.08. The average Bonchev–Trinajstić information content (AvgIpc) is 3.11. The standard InChI is InChI=1S/C19H17N5O2S/c1-12(18(25)21-15-9-5-6-10-16(15)26-2)27-19-22-17-13-7-3-4-8-14(13)20-11-24(17)23-19/h3-12H,1-2H3,(H,21,25)/t12-/m0/s1. The molecule has 0 saturated heterocycles. The molecule has 1 amide bonds.